The number of para-hydroxylation sites is 2. The van der Waals surface area contributed by atoms with Gasteiger partial charge >= 0.3 is 5.97 Å². The van der Waals surface area contributed by atoms with Crippen molar-refractivity contribution in [2.24, 2.45) is 0 Å². The predicted octanol–water partition coefficient (Wildman–Crippen LogP) is 6.14. The average molecular weight is 490 g/mol. The molecule has 1 aliphatic rings. The minimum absolute atomic E-state index is 0.0518. The molecule has 0 aliphatic heterocycles. The van der Waals surface area contributed by atoms with Crippen LogP contribution in [0, 0.1) is 5.82 Å². The number of aromatic nitrogens is 2. The quantitative estimate of drug-likeness (QED) is 0.249. The highest BCUT2D eigenvalue weighted by atomic mass is 32.1. The fourth-order valence-corrected chi connectivity index (χ4v) is 5.36. The summed E-state index contributed by atoms with van der Waals surface area (Å²) in [6.45, 7) is 1.30. The van der Waals surface area contributed by atoms with Gasteiger partial charge in [-0.15, -0.1) is 11.3 Å². The molecule has 1 aliphatic carbocycles. The van der Waals surface area contributed by atoms with Crippen LogP contribution in [0.2, 0.25) is 0 Å². The molecule has 2 aromatic carbocycles. The van der Waals surface area contributed by atoms with Crippen LogP contribution >= 0.6 is 11.3 Å². The minimum Gasteiger partial charge on any atom is -0.456 e. The van der Waals surface area contributed by atoms with E-state index >= 15 is 0 Å². The third-order valence-electron chi connectivity index (χ3n) is 6.11. The van der Waals surface area contributed by atoms with Gasteiger partial charge in [0.15, 0.2) is 5.13 Å². The molecule has 0 saturated carbocycles. The molecule has 178 valence electrons. The maximum atomic E-state index is 14.3. The molecule has 0 unspecified atom stereocenters. The molecule has 2 aromatic heterocycles. The smallest absolute Gasteiger partial charge is 0.339 e. The van der Waals surface area contributed by atoms with Crippen LogP contribution in [-0.4, -0.2) is 21.8 Å². The molecule has 35 heavy (non-hydrogen) atoms. The second-order valence-corrected chi connectivity index (χ2v) is 9.33. The number of hydrogen-bond donors (Lipinski definition) is 0. The highest BCUT2D eigenvalue weighted by Gasteiger charge is 2.24. The van der Waals surface area contributed by atoms with Gasteiger partial charge in [-0.2, -0.15) is 0 Å². The van der Waals surface area contributed by atoms with E-state index in [2.05, 4.69) is 4.98 Å². The van der Waals surface area contributed by atoms with Crippen molar-refractivity contribution in [3.63, 3.8) is 0 Å². The van der Waals surface area contributed by atoms with Crippen molar-refractivity contribution < 1.29 is 18.7 Å². The lowest BCUT2D eigenvalue weighted by Gasteiger charge is -2.18. The van der Waals surface area contributed by atoms with E-state index in [4.69, 9.17) is 9.72 Å². The molecule has 0 spiro atoms. The molecule has 5 rings (SSSR count). The summed E-state index contributed by atoms with van der Waals surface area (Å²) in [6, 6.07) is 13.7. The van der Waals surface area contributed by atoms with Gasteiger partial charge < -0.3 is 4.74 Å². The van der Waals surface area contributed by atoms with E-state index in [-0.39, 0.29) is 18.2 Å². The second-order valence-electron chi connectivity index (χ2n) is 8.49. The number of ether oxygens (including phenoxy) is 1. The van der Waals surface area contributed by atoms with E-state index < -0.39 is 11.8 Å². The van der Waals surface area contributed by atoms with Crippen LogP contribution in [0.15, 0.2) is 53.9 Å². The van der Waals surface area contributed by atoms with Crippen molar-refractivity contribution >= 4 is 44.9 Å². The summed E-state index contributed by atoms with van der Waals surface area (Å²) >= 11 is 1.19. The molecule has 1 amide bonds. The van der Waals surface area contributed by atoms with E-state index in [0.717, 1.165) is 54.3 Å². The SMILES string of the molecule is CC(=O)N(c1nc(COC(=O)c2c3c(nc4ccccc24)CCCCC3)cs1)c1ccccc1F. The summed E-state index contributed by atoms with van der Waals surface area (Å²) in [5, 5.41) is 2.82. The summed E-state index contributed by atoms with van der Waals surface area (Å²) in [4.78, 5) is 36.1. The lowest BCUT2D eigenvalue weighted by molar-refractivity contribution is -0.115. The lowest BCUT2D eigenvalue weighted by atomic mass is 9.97. The average Bonchev–Trinajstić information content (AvgIpc) is 3.19. The Balaban J connectivity index is 1.41. The van der Waals surface area contributed by atoms with Crippen LogP contribution in [0.3, 0.4) is 0 Å². The Bertz CT molecular complexity index is 1420. The van der Waals surface area contributed by atoms with Gasteiger partial charge in [-0.05, 0) is 49.4 Å². The highest BCUT2D eigenvalue weighted by Crippen LogP contribution is 2.32. The molecule has 0 N–H and O–H groups in total. The monoisotopic (exact) mass is 489 g/mol. The Labute approximate surface area is 206 Å². The van der Waals surface area contributed by atoms with Gasteiger partial charge in [-0.25, -0.2) is 14.2 Å². The number of rotatable bonds is 5. The topological polar surface area (TPSA) is 72.4 Å². The maximum absolute atomic E-state index is 14.3. The van der Waals surface area contributed by atoms with Crippen LogP contribution in [0.25, 0.3) is 10.9 Å². The Morgan fingerprint density at radius 3 is 2.63 bits per heavy atom. The number of esters is 1. The largest absolute Gasteiger partial charge is 0.456 e. The normalized spacial score (nSPS) is 13.2. The summed E-state index contributed by atoms with van der Waals surface area (Å²) in [6.07, 6.45) is 4.84. The van der Waals surface area contributed by atoms with Gasteiger partial charge in [0, 0.05) is 23.4 Å². The summed E-state index contributed by atoms with van der Waals surface area (Å²) in [5.74, 6) is -1.29. The Morgan fingerprint density at radius 2 is 1.80 bits per heavy atom. The zero-order valence-electron chi connectivity index (χ0n) is 19.3. The second kappa shape index (κ2) is 9.92. The predicted molar refractivity (Wildman–Crippen MR) is 133 cm³/mol. The lowest BCUT2D eigenvalue weighted by Crippen LogP contribution is -2.23. The number of aryl methyl sites for hydroxylation is 1. The van der Waals surface area contributed by atoms with Gasteiger partial charge in [0.2, 0.25) is 5.91 Å². The molecular weight excluding hydrogens is 465 g/mol. The number of thiazole rings is 1. The zero-order valence-corrected chi connectivity index (χ0v) is 20.1. The fraction of sp³-hybridized carbons (Fsp3) is 0.259. The molecular formula is C27H24FN3O3S. The van der Waals surface area contributed by atoms with Crippen molar-refractivity contribution in [3.05, 3.63) is 82.2 Å². The first kappa shape index (κ1) is 23.1. The van der Waals surface area contributed by atoms with Gasteiger partial charge in [-0.3, -0.25) is 14.7 Å². The van der Waals surface area contributed by atoms with Gasteiger partial charge in [0.1, 0.15) is 12.4 Å². The molecule has 0 atom stereocenters. The van der Waals surface area contributed by atoms with Gasteiger partial charge in [0.05, 0.1) is 22.5 Å². The summed E-state index contributed by atoms with van der Waals surface area (Å²) in [7, 11) is 0. The summed E-state index contributed by atoms with van der Waals surface area (Å²) < 4.78 is 20.0. The van der Waals surface area contributed by atoms with E-state index in [1.54, 1.807) is 17.5 Å². The van der Waals surface area contributed by atoms with E-state index in [9.17, 15) is 14.0 Å². The first-order valence-electron chi connectivity index (χ1n) is 11.6. The number of hydrogen-bond acceptors (Lipinski definition) is 6. The summed E-state index contributed by atoms with van der Waals surface area (Å²) in [5.41, 5.74) is 3.95. The number of benzene rings is 2. The zero-order chi connectivity index (χ0) is 24.4. The molecule has 0 radical (unpaired) electrons. The first-order valence-corrected chi connectivity index (χ1v) is 12.5. The molecule has 8 heteroatoms. The number of anilines is 2. The molecule has 0 saturated heterocycles. The molecule has 0 fully saturated rings. The van der Waals surface area contributed by atoms with E-state index in [1.807, 2.05) is 24.3 Å². The van der Waals surface area contributed by atoms with Crippen molar-refractivity contribution in [2.45, 2.75) is 45.6 Å². The first-order chi connectivity index (χ1) is 17.0. The third-order valence-corrected chi connectivity index (χ3v) is 6.99. The van der Waals surface area contributed by atoms with Gasteiger partial charge in [-0.1, -0.05) is 36.8 Å². The maximum Gasteiger partial charge on any atom is 0.339 e. The number of carbonyl (C=O) groups excluding carboxylic acids is 2. The van der Waals surface area contributed by atoms with Crippen LogP contribution in [0.1, 0.15) is 53.5 Å². The Hall–Kier alpha value is -3.65. The number of halogens is 1. The van der Waals surface area contributed by atoms with Crippen LogP contribution in [0.4, 0.5) is 15.2 Å². The van der Waals surface area contributed by atoms with Crippen molar-refractivity contribution in [1.82, 2.24) is 9.97 Å². The van der Waals surface area contributed by atoms with Gasteiger partial charge in [0.25, 0.3) is 0 Å². The fourth-order valence-electron chi connectivity index (χ4n) is 4.50. The standard InChI is InChI=1S/C27H24FN3O3S/c1-17(32)31(24-14-8-6-11-21(24)28)27-29-18(16-35-27)15-34-26(33)25-19-9-3-2-4-12-22(19)30-23-13-7-5-10-20(23)25/h5-8,10-11,13-14,16H,2-4,9,12,15H2,1H3. The van der Waals surface area contributed by atoms with Crippen molar-refractivity contribution in [2.75, 3.05) is 4.90 Å². The molecule has 2 heterocycles. The van der Waals surface area contributed by atoms with Crippen molar-refractivity contribution in [1.29, 1.82) is 0 Å². The number of nitrogens with zero attached hydrogens (tertiary/aromatic N) is 3. The van der Waals surface area contributed by atoms with Crippen LogP contribution in [-0.2, 0) is 29.0 Å². The third kappa shape index (κ3) is 4.66. The van der Waals surface area contributed by atoms with Crippen molar-refractivity contribution in [3.8, 4) is 0 Å². The molecule has 6 nitrogen and oxygen atoms in total. The van der Waals surface area contributed by atoms with Crippen LogP contribution in [0.5, 0.6) is 0 Å². The van der Waals surface area contributed by atoms with E-state index in [0.29, 0.717) is 16.4 Å². The molecule has 4 aromatic rings. The Morgan fingerprint density at radius 1 is 1.03 bits per heavy atom. The number of carbonyl (C=O) groups is 2. The highest BCUT2D eigenvalue weighted by molar-refractivity contribution is 7.14. The minimum atomic E-state index is -0.517. The number of pyridine rings is 1. The number of amides is 1. The van der Waals surface area contributed by atoms with E-state index in [1.165, 1.54) is 35.3 Å². The number of fused-ring (bicyclic) bond motifs is 2. The molecule has 0 bridgehead atoms. The van der Waals surface area contributed by atoms with Crippen LogP contribution < -0.4 is 4.90 Å². The Kier molecular flexibility index (Phi) is 6.55.